The third-order valence-corrected chi connectivity index (χ3v) is 4.03. The molecule has 1 heterocycles. The number of rotatable bonds is 7. The molecule has 0 atom stereocenters. The molecule has 0 amide bonds. The molecule has 8 nitrogen and oxygen atoms in total. The Morgan fingerprint density at radius 3 is 2.48 bits per heavy atom. The molecule has 0 bridgehead atoms. The normalized spacial score (nSPS) is 10.7. The number of hydrogen-bond acceptors (Lipinski definition) is 5. The number of unbranched alkanes of at least 4 members (excludes halogenated alkanes) is 1. The lowest BCUT2D eigenvalue weighted by molar-refractivity contribution is -0.385. The highest BCUT2D eigenvalue weighted by molar-refractivity contribution is 5.39. The van der Waals surface area contributed by atoms with Crippen molar-refractivity contribution in [2.24, 2.45) is 14.1 Å². The van der Waals surface area contributed by atoms with E-state index in [1.54, 1.807) is 18.2 Å². The molecule has 134 valence electrons. The molecule has 1 aromatic carbocycles. The van der Waals surface area contributed by atoms with Crippen molar-refractivity contribution in [1.29, 1.82) is 0 Å². The molecule has 8 heteroatoms. The molecule has 0 saturated heterocycles. The van der Waals surface area contributed by atoms with Crippen molar-refractivity contribution in [3.8, 4) is 5.88 Å². The molecule has 0 unspecified atom stereocenters. The van der Waals surface area contributed by atoms with Crippen molar-refractivity contribution in [2.45, 2.75) is 32.8 Å². The van der Waals surface area contributed by atoms with Gasteiger partial charge in [0.1, 0.15) is 6.61 Å². The summed E-state index contributed by atoms with van der Waals surface area (Å²) in [7, 11) is 2.94. The van der Waals surface area contributed by atoms with Gasteiger partial charge >= 0.3 is 5.69 Å². The average Bonchev–Trinajstić information content (AvgIpc) is 2.61. The Bertz CT molecular complexity index is 898. The molecule has 0 aliphatic carbocycles. The molecular formula is C17H21N3O5. The van der Waals surface area contributed by atoms with Gasteiger partial charge < -0.3 is 4.74 Å². The summed E-state index contributed by atoms with van der Waals surface area (Å²) in [6, 6.07) is 6.22. The van der Waals surface area contributed by atoms with Crippen molar-refractivity contribution < 1.29 is 9.66 Å². The van der Waals surface area contributed by atoms with Crippen LogP contribution in [0.25, 0.3) is 0 Å². The smallest absolute Gasteiger partial charge is 0.333 e. The molecule has 0 aliphatic rings. The number of nitro benzene ring substituents is 1. The van der Waals surface area contributed by atoms with E-state index < -0.39 is 16.2 Å². The van der Waals surface area contributed by atoms with Crippen LogP contribution in [0.2, 0.25) is 0 Å². The Hall–Kier alpha value is -2.90. The van der Waals surface area contributed by atoms with Crippen molar-refractivity contribution in [3.05, 3.63) is 66.3 Å². The maximum absolute atomic E-state index is 12.4. The summed E-state index contributed by atoms with van der Waals surface area (Å²) < 4.78 is 8.01. The van der Waals surface area contributed by atoms with Crippen molar-refractivity contribution in [2.75, 3.05) is 0 Å². The van der Waals surface area contributed by atoms with Gasteiger partial charge in [-0.1, -0.05) is 25.5 Å². The molecule has 0 aliphatic heterocycles. The van der Waals surface area contributed by atoms with Gasteiger partial charge in [0.05, 0.1) is 16.1 Å². The van der Waals surface area contributed by atoms with E-state index in [1.807, 2.05) is 6.92 Å². The Kier molecular flexibility index (Phi) is 5.74. The lowest BCUT2D eigenvalue weighted by atomic mass is 10.1. The molecule has 0 N–H and O–H groups in total. The summed E-state index contributed by atoms with van der Waals surface area (Å²) in [6.07, 6.45) is 2.13. The van der Waals surface area contributed by atoms with Crippen LogP contribution in [0.1, 0.15) is 30.9 Å². The topological polar surface area (TPSA) is 96.4 Å². The van der Waals surface area contributed by atoms with E-state index >= 15 is 0 Å². The lowest BCUT2D eigenvalue weighted by Crippen LogP contribution is -2.39. The second kappa shape index (κ2) is 7.78. The first-order valence-corrected chi connectivity index (χ1v) is 8.02. The molecule has 0 spiro atoms. The Labute approximate surface area is 144 Å². The number of para-hydroxylation sites is 1. The van der Waals surface area contributed by atoms with Crippen molar-refractivity contribution in [1.82, 2.24) is 9.13 Å². The third-order valence-electron chi connectivity index (χ3n) is 4.03. The number of hydrogen-bond donors (Lipinski definition) is 0. The maximum atomic E-state index is 12.4. The SMILES string of the molecule is CCCCc1c(OCc2ccccc2[N+](=O)[O-])n(C)c(=O)n(C)c1=O. The summed E-state index contributed by atoms with van der Waals surface area (Å²) >= 11 is 0. The van der Waals surface area contributed by atoms with E-state index in [9.17, 15) is 19.7 Å². The van der Waals surface area contributed by atoms with Crippen LogP contribution in [0.3, 0.4) is 0 Å². The number of nitrogens with zero attached hydrogens (tertiary/aromatic N) is 3. The van der Waals surface area contributed by atoms with Crippen LogP contribution in [-0.2, 0) is 27.1 Å². The van der Waals surface area contributed by atoms with Gasteiger partial charge in [0.15, 0.2) is 0 Å². The monoisotopic (exact) mass is 347 g/mol. The van der Waals surface area contributed by atoms with E-state index in [0.29, 0.717) is 17.5 Å². The summed E-state index contributed by atoms with van der Waals surface area (Å²) in [5, 5.41) is 11.1. The van der Waals surface area contributed by atoms with Gasteiger partial charge in [-0.2, -0.15) is 0 Å². The second-order valence-corrected chi connectivity index (χ2v) is 5.77. The first-order valence-electron chi connectivity index (χ1n) is 8.02. The highest BCUT2D eigenvalue weighted by Crippen LogP contribution is 2.21. The van der Waals surface area contributed by atoms with Gasteiger partial charge in [-0.05, 0) is 18.9 Å². The fourth-order valence-corrected chi connectivity index (χ4v) is 2.60. The Morgan fingerprint density at radius 2 is 1.84 bits per heavy atom. The summed E-state index contributed by atoms with van der Waals surface area (Å²) in [5.74, 6) is 0.166. The van der Waals surface area contributed by atoms with Crippen molar-refractivity contribution >= 4 is 5.69 Å². The molecule has 2 rings (SSSR count). The first kappa shape index (κ1) is 18.4. The standard InChI is InChI=1S/C17H21N3O5/c1-4-5-9-13-15(21)18(2)17(22)19(3)16(13)25-11-12-8-6-7-10-14(12)20(23)24/h6-8,10H,4-5,9,11H2,1-3H3. The van der Waals surface area contributed by atoms with Gasteiger partial charge in [-0.15, -0.1) is 0 Å². The zero-order valence-corrected chi connectivity index (χ0v) is 14.5. The second-order valence-electron chi connectivity index (χ2n) is 5.77. The van der Waals surface area contributed by atoms with E-state index in [4.69, 9.17) is 4.74 Å². The van der Waals surface area contributed by atoms with Crippen LogP contribution in [0.15, 0.2) is 33.9 Å². The predicted octanol–water partition coefficient (Wildman–Crippen LogP) is 1.91. The van der Waals surface area contributed by atoms with Crippen LogP contribution in [0, 0.1) is 10.1 Å². The quantitative estimate of drug-likeness (QED) is 0.563. The van der Waals surface area contributed by atoms with Gasteiger partial charge in [0, 0.05) is 20.2 Å². The summed E-state index contributed by atoms with van der Waals surface area (Å²) in [6.45, 7) is 1.90. The van der Waals surface area contributed by atoms with E-state index in [2.05, 4.69) is 0 Å². The molecule has 0 radical (unpaired) electrons. The van der Waals surface area contributed by atoms with Gasteiger partial charge in [0.2, 0.25) is 5.88 Å². The molecule has 0 fully saturated rings. The first-order chi connectivity index (χ1) is 11.9. The lowest BCUT2D eigenvalue weighted by Gasteiger charge is -2.16. The molecule has 25 heavy (non-hydrogen) atoms. The highest BCUT2D eigenvalue weighted by Gasteiger charge is 2.19. The van der Waals surface area contributed by atoms with E-state index in [0.717, 1.165) is 17.4 Å². The molecule has 1 aromatic heterocycles. The average molecular weight is 347 g/mol. The van der Waals surface area contributed by atoms with Crippen LogP contribution >= 0.6 is 0 Å². The largest absolute Gasteiger partial charge is 0.473 e. The van der Waals surface area contributed by atoms with E-state index in [1.165, 1.54) is 24.7 Å². The Balaban J connectivity index is 2.44. The minimum Gasteiger partial charge on any atom is -0.473 e. The summed E-state index contributed by atoms with van der Waals surface area (Å²) in [5.41, 5.74) is -0.171. The fourth-order valence-electron chi connectivity index (χ4n) is 2.60. The number of benzene rings is 1. The minimum atomic E-state index is -0.497. The zero-order valence-electron chi connectivity index (χ0n) is 14.5. The molecule has 2 aromatic rings. The molecular weight excluding hydrogens is 326 g/mol. The van der Waals surface area contributed by atoms with Crippen LogP contribution < -0.4 is 16.0 Å². The number of nitro groups is 1. The maximum Gasteiger partial charge on any atom is 0.333 e. The molecule has 0 saturated carbocycles. The number of ether oxygens (including phenoxy) is 1. The van der Waals surface area contributed by atoms with E-state index in [-0.39, 0.29) is 18.2 Å². The predicted molar refractivity (Wildman–Crippen MR) is 93.0 cm³/mol. The number of aromatic nitrogens is 2. The van der Waals surface area contributed by atoms with Gasteiger partial charge in [-0.25, -0.2) is 4.79 Å². The zero-order chi connectivity index (χ0) is 18.6. The van der Waals surface area contributed by atoms with Crippen LogP contribution in [0.5, 0.6) is 5.88 Å². The van der Waals surface area contributed by atoms with Gasteiger partial charge in [0.25, 0.3) is 11.2 Å². The highest BCUT2D eigenvalue weighted by atomic mass is 16.6. The van der Waals surface area contributed by atoms with Gasteiger partial charge in [-0.3, -0.25) is 24.0 Å². The summed E-state index contributed by atoms with van der Waals surface area (Å²) in [4.78, 5) is 35.2. The van der Waals surface area contributed by atoms with Crippen LogP contribution in [-0.4, -0.2) is 14.1 Å². The fraction of sp³-hybridized carbons (Fsp3) is 0.412. The Morgan fingerprint density at radius 1 is 1.16 bits per heavy atom. The van der Waals surface area contributed by atoms with Crippen molar-refractivity contribution in [3.63, 3.8) is 0 Å². The minimum absolute atomic E-state index is 0.0635. The third kappa shape index (κ3) is 3.78. The van der Waals surface area contributed by atoms with Crippen LogP contribution in [0.4, 0.5) is 5.69 Å².